The molecule has 0 bridgehead atoms. The number of nitrogens with one attached hydrogen (secondary N) is 1. The highest BCUT2D eigenvalue weighted by molar-refractivity contribution is 7.09. The van der Waals surface area contributed by atoms with Crippen molar-refractivity contribution < 1.29 is 19.0 Å². The summed E-state index contributed by atoms with van der Waals surface area (Å²) in [5.74, 6) is 1.40. The average molecular weight is 549 g/mol. The molecular formula is C30H36N4O4S. The summed E-state index contributed by atoms with van der Waals surface area (Å²) in [7, 11) is 1.59. The van der Waals surface area contributed by atoms with E-state index in [0.717, 1.165) is 55.3 Å². The standard InChI is InChI=1S/C30H36N4O4S/c1-30(2)37-26-13-22(12-25(36-3)28(26)38-30)29(35)34(17-23-10-7-11-33(23)16-20-14-31-15-20)18-27-32-24(19-39-27)21-8-5-4-6-9-21/h4-6,8-9,12-13,19-20,23,31H,7,10-11,14-18H2,1-3H3. The van der Waals surface area contributed by atoms with Gasteiger partial charge in [-0.1, -0.05) is 30.3 Å². The Balaban J connectivity index is 1.28. The minimum absolute atomic E-state index is 0.0574. The zero-order valence-corrected chi connectivity index (χ0v) is 23.6. The number of methoxy groups -OCH3 is 1. The van der Waals surface area contributed by atoms with E-state index in [0.29, 0.717) is 47.9 Å². The van der Waals surface area contributed by atoms with E-state index < -0.39 is 5.79 Å². The van der Waals surface area contributed by atoms with Crippen molar-refractivity contribution in [2.24, 2.45) is 5.92 Å². The third-order valence-electron chi connectivity index (χ3n) is 7.71. The molecule has 2 saturated heterocycles. The van der Waals surface area contributed by atoms with Crippen molar-refractivity contribution in [1.29, 1.82) is 0 Å². The minimum Gasteiger partial charge on any atom is -0.493 e. The molecule has 1 amide bonds. The molecule has 206 valence electrons. The highest BCUT2D eigenvalue weighted by atomic mass is 32.1. The van der Waals surface area contributed by atoms with E-state index in [1.807, 2.05) is 36.9 Å². The van der Waals surface area contributed by atoms with Gasteiger partial charge in [0.15, 0.2) is 11.5 Å². The van der Waals surface area contributed by atoms with Crippen LogP contribution < -0.4 is 19.5 Å². The number of nitrogens with zero attached hydrogens (tertiary/aromatic N) is 3. The first-order chi connectivity index (χ1) is 18.9. The predicted octanol–water partition coefficient (Wildman–Crippen LogP) is 4.65. The minimum atomic E-state index is -0.813. The molecule has 1 atom stereocenters. The number of carbonyl (C=O) groups excluding carboxylic acids is 1. The van der Waals surface area contributed by atoms with Crippen molar-refractivity contribution in [1.82, 2.24) is 20.1 Å². The summed E-state index contributed by atoms with van der Waals surface area (Å²) in [5, 5.41) is 6.38. The Morgan fingerprint density at radius 2 is 2.05 bits per heavy atom. The van der Waals surface area contributed by atoms with Gasteiger partial charge in [0.2, 0.25) is 11.5 Å². The van der Waals surface area contributed by atoms with Crippen LogP contribution in [0.4, 0.5) is 0 Å². The van der Waals surface area contributed by atoms with Crippen molar-refractivity contribution >= 4 is 17.2 Å². The highest BCUT2D eigenvalue weighted by Crippen LogP contribution is 2.47. The van der Waals surface area contributed by atoms with E-state index in [9.17, 15) is 4.79 Å². The second kappa shape index (κ2) is 10.8. The fourth-order valence-corrected chi connectivity index (χ4v) is 6.47. The van der Waals surface area contributed by atoms with Crippen LogP contribution in [-0.4, -0.2) is 72.4 Å². The SMILES string of the molecule is COc1cc(C(=O)N(Cc2nc(-c3ccccc3)cs2)CC2CCCN2CC2CNC2)cc2c1OC(C)(C)O2. The summed E-state index contributed by atoms with van der Waals surface area (Å²) in [4.78, 5) is 23.6. The Bertz CT molecular complexity index is 1320. The molecule has 2 fully saturated rings. The Kier molecular flexibility index (Phi) is 7.22. The van der Waals surface area contributed by atoms with Gasteiger partial charge in [0.1, 0.15) is 5.01 Å². The quantitative estimate of drug-likeness (QED) is 0.417. The lowest BCUT2D eigenvalue weighted by Gasteiger charge is -2.36. The van der Waals surface area contributed by atoms with Crippen LogP contribution in [0.3, 0.4) is 0 Å². The summed E-state index contributed by atoms with van der Waals surface area (Å²) in [5.41, 5.74) is 2.55. The maximum absolute atomic E-state index is 14.2. The number of thiazole rings is 1. The van der Waals surface area contributed by atoms with Crippen molar-refractivity contribution in [3.05, 3.63) is 58.4 Å². The van der Waals surface area contributed by atoms with Crippen LogP contribution in [0.2, 0.25) is 0 Å². The van der Waals surface area contributed by atoms with Crippen LogP contribution in [-0.2, 0) is 6.54 Å². The molecule has 1 aromatic heterocycles. The summed E-state index contributed by atoms with van der Waals surface area (Å²) < 4.78 is 17.5. The summed E-state index contributed by atoms with van der Waals surface area (Å²) >= 11 is 1.60. The van der Waals surface area contributed by atoms with Gasteiger partial charge in [0.05, 0.1) is 19.3 Å². The lowest BCUT2D eigenvalue weighted by Crippen LogP contribution is -2.51. The number of amides is 1. The van der Waals surface area contributed by atoms with E-state index in [2.05, 4.69) is 27.7 Å². The molecule has 3 aromatic rings. The van der Waals surface area contributed by atoms with E-state index in [1.165, 1.54) is 0 Å². The Morgan fingerprint density at radius 3 is 2.79 bits per heavy atom. The number of benzene rings is 2. The normalized spacial score (nSPS) is 20.1. The molecule has 8 nitrogen and oxygen atoms in total. The molecule has 2 aromatic carbocycles. The van der Waals surface area contributed by atoms with E-state index in [4.69, 9.17) is 19.2 Å². The first kappa shape index (κ1) is 26.1. The Hall–Kier alpha value is -3.14. The topological polar surface area (TPSA) is 76.2 Å². The van der Waals surface area contributed by atoms with Gasteiger partial charge in [-0.3, -0.25) is 9.69 Å². The van der Waals surface area contributed by atoms with Gasteiger partial charge in [-0.25, -0.2) is 4.98 Å². The van der Waals surface area contributed by atoms with Crippen LogP contribution in [0.15, 0.2) is 47.8 Å². The number of hydrogen-bond donors (Lipinski definition) is 1. The molecule has 4 heterocycles. The highest BCUT2D eigenvalue weighted by Gasteiger charge is 2.37. The molecule has 0 radical (unpaired) electrons. The fourth-order valence-electron chi connectivity index (χ4n) is 5.66. The average Bonchev–Trinajstić information content (AvgIpc) is 3.63. The number of rotatable bonds is 9. The number of carbonyl (C=O) groups is 1. The van der Waals surface area contributed by atoms with Crippen LogP contribution in [0, 0.1) is 5.92 Å². The van der Waals surface area contributed by atoms with Crippen molar-refractivity contribution in [3.8, 4) is 28.5 Å². The van der Waals surface area contributed by atoms with E-state index >= 15 is 0 Å². The third-order valence-corrected chi connectivity index (χ3v) is 8.55. The number of hydrogen-bond acceptors (Lipinski definition) is 8. The summed E-state index contributed by atoms with van der Waals surface area (Å²) in [6.07, 6.45) is 2.25. The first-order valence-corrected chi connectivity index (χ1v) is 14.6. The maximum atomic E-state index is 14.2. The second-order valence-corrected chi connectivity index (χ2v) is 12.0. The third kappa shape index (κ3) is 5.62. The van der Waals surface area contributed by atoms with Gasteiger partial charge in [-0.15, -0.1) is 11.3 Å². The fraction of sp³-hybridized carbons (Fsp3) is 0.467. The van der Waals surface area contributed by atoms with Crippen LogP contribution in [0.5, 0.6) is 17.2 Å². The zero-order valence-electron chi connectivity index (χ0n) is 22.8. The van der Waals surface area contributed by atoms with Crippen molar-refractivity contribution in [2.45, 2.75) is 45.1 Å². The smallest absolute Gasteiger partial charge is 0.254 e. The molecule has 6 rings (SSSR count). The van der Waals surface area contributed by atoms with Gasteiger partial charge in [0.25, 0.3) is 5.91 Å². The molecule has 0 saturated carbocycles. The molecule has 9 heteroatoms. The molecule has 39 heavy (non-hydrogen) atoms. The number of likely N-dealkylation sites (tertiary alicyclic amines) is 1. The molecule has 0 spiro atoms. The Morgan fingerprint density at radius 1 is 1.23 bits per heavy atom. The molecule has 1 unspecified atom stereocenters. The summed E-state index contributed by atoms with van der Waals surface area (Å²) in [6.45, 7) is 9.14. The number of ether oxygens (including phenoxy) is 3. The monoisotopic (exact) mass is 548 g/mol. The molecular weight excluding hydrogens is 512 g/mol. The van der Waals surface area contributed by atoms with Gasteiger partial charge in [-0.2, -0.15) is 0 Å². The van der Waals surface area contributed by atoms with Crippen LogP contribution >= 0.6 is 11.3 Å². The van der Waals surface area contributed by atoms with Gasteiger partial charge in [0, 0.05) is 62.6 Å². The van der Waals surface area contributed by atoms with Crippen molar-refractivity contribution in [2.75, 3.05) is 39.8 Å². The van der Waals surface area contributed by atoms with Gasteiger partial charge >= 0.3 is 0 Å². The molecule has 1 N–H and O–H groups in total. The molecule has 0 aliphatic carbocycles. The van der Waals surface area contributed by atoms with Gasteiger partial charge in [-0.05, 0) is 37.4 Å². The number of fused-ring (bicyclic) bond motifs is 1. The van der Waals surface area contributed by atoms with Crippen LogP contribution in [0.1, 0.15) is 42.1 Å². The predicted molar refractivity (Wildman–Crippen MR) is 152 cm³/mol. The van der Waals surface area contributed by atoms with Crippen molar-refractivity contribution in [3.63, 3.8) is 0 Å². The van der Waals surface area contributed by atoms with Gasteiger partial charge < -0.3 is 24.4 Å². The first-order valence-electron chi connectivity index (χ1n) is 13.7. The number of aromatic nitrogens is 1. The maximum Gasteiger partial charge on any atom is 0.254 e. The largest absolute Gasteiger partial charge is 0.493 e. The Labute approximate surface area is 233 Å². The summed E-state index contributed by atoms with van der Waals surface area (Å²) in [6, 6.07) is 14.1. The molecule has 3 aliphatic rings. The van der Waals surface area contributed by atoms with Crippen LogP contribution in [0.25, 0.3) is 11.3 Å². The van der Waals surface area contributed by atoms with E-state index in [1.54, 1.807) is 30.6 Å². The zero-order chi connectivity index (χ0) is 27.0. The van der Waals surface area contributed by atoms with E-state index in [-0.39, 0.29) is 5.91 Å². The lowest BCUT2D eigenvalue weighted by molar-refractivity contribution is -0.0439. The second-order valence-electron chi connectivity index (χ2n) is 11.1. The molecule has 3 aliphatic heterocycles. The lowest BCUT2D eigenvalue weighted by atomic mass is 10.0.